The van der Waals surface area contributed by atoms with Crippen LogP contribution in [0.3, 0.4) is 0 Å². The van der Waals surface area contributed by atoms with Crippen LogP contribution in [-0.4, -0.2) is 0 Å². The predicted octanol–water partition coefficient (Wildman–Crippen LogP) is 5.02. The highest BCUT2D eigenvalue weighted by Gasteiger charge is 2.16. The van der Waals surface area contributed by atoms with Crippen molar-refractivity contribution in [3.63, 3.8) is 0 Å². The molecule has 0 heterocycles. The van der Waals surface area contributed by atoms with Crippen molar-refractivity contribution < 1.29 is 4.74 Å². The molecule has 4 rings (SSSR count). The minimum Gasteiger partial charge on any atom is -0.489 e. The van der Waals surface area contributed by atoms with E-state index in [1.165, 1.54) is 21.5 Å². The molecule has 4 aromatic rings. The van der Waals surface area contributed by atoms with Gasteiger partial charge in [0.25, 0.3) is 0 Å². The highest BCUT2D eigenvalue weighted by molar-refractivity contribution is 7.79. The third-order valence-electron chi connectivity index (χ3n) is 4.35. The zero-order chi connectivity index (χ0) is 18.3. The molecule has 0 N–H and O–H groups in total. The van der Waals surface area contributed by atoms with Gasteiger partial charge in [-0.3, -0.25) is 0 Å². The summed E-state index contributed by atoms with van der Waals surface area (Å²) < 4.78 is 6.06. The Morgan fingerprint density at radius 1 is 0.519 bits per heavy atom. The van der Waals surface area contributed by atoms with E-state index in [1.807, 2.05) is 24.3 Å². The summed E-state index contributed by atoms with van der Waals surface area (Å²) in [6, 6.07) is 40.3. The largest absolute Gasteiger partial charge is 0.489 e. The molecule has 0 radical (unpaired) electrons. The molecule has 0 fully saturated rings. The van der Waals surface area contributed by atoms with Crippen LogP contribution in [0.25, 0.3) is 0 Å². The second-order valence-electron chi connectivity index (χ2n) is 6.28. The monoisotopic (exact) mass is 368 g/mol. The van der Waals surface area contributed by atoms with Crippen molar-refractivity contribution in [2.45, 2.75) is 6.61 Å². The van der Waals surface area contributed by atoms with Crippen LogP contribution >= 0.6 is 7.92 Å². The molecule has 0 aliphatic carbocycles. The minimum absolute atomic E-state index is 0.582. The summed E-state index contributed by atoms with van der Waals surface area (Å²) in [5, 5.41) is 3.99. The van der Waals surface area contributed by atoms with E-state index in [2.05, 4.69) is 91.0 Å². The zero-order valence-electron chi connectivity index (χ0n) is 15.0. The highest BCUT2D eigenvalue weighted by atomic mass is 31.1. The Hall–Kier alpha value is -2.89. The van der Waals surface area contributed by atoms with Gasteiger partial charge in [-0.25, -0.2) is 0 Å². The maximum atomic E-state index is 6.06. The lowest BCUT2D eigenvalue weighted by Gasteiger charge is -2.20. The van der Waals surface area contributed by atoms with Crippen LogP contribution in [0.2, 0.25) is 0 Å². The molecule has 0 saturated carbocycles. The van der Waals surface area contributed by atoms with Crippen molar-refractivity contribution in [3.8, 4) is 5.75 Å². The maximum absolute atomic E-state index is 6.06. The van der Waals surface area contributed by atoms with Crippen molar-refractivity contribution >= 4 is 23.8 Å². The molecule has 0 saturated heterocycles. The quantitative estimate of drug-likeness (QED) is 0.434. The second-order valence-corrected chi connectivity index (χ2v) is 8.50. The zero-order valence-corrected chi connectivity index (χ0v) is 15.9. The topological polar surface area (TPSA) is 9.23 Å². The van der Waals surface area contributed by atoms with Crippen LogP contribution in [0.5, 0.6) is 5.75 Å². The Morgan fingerprint density at radius 2 is 1.04 bits per heavy atom. The Kier molecular flexibility index (Phi) is 5.62. The van der Waals surface area contributed by atoms with Gasteiger partial charge in [-0.15, -0.1) is 0 Å². The van der Waals surface area contributed by atoms with Crippen molar-refractivity contribution in [1.82, 2.24) is 0 Å². The normalized spacial score (nSPS) is 10.7. The molecule has 0 unspecified atom stereocenters. The number of ether oxygens (including phenoxy) is 1. The SMILES string of the molecule is c1ccc(COc2cccc(P(c3ccccc3)c3ccccc3)c2)cc1. The summed E-state index contributed by atoms with van der Waals surface area (Å²) in [5.41, 5.74) is 1.18. The average molecular weight is 368 g/mol. The van der Waals surface area contributed by atoms with Crippen molar-refractivity contribution in [2.24, 2.45) is 0 Å². The molecule has 0 atom stereocenters. The first-order valence-electron chi connectivity index (χ1n) is 9.07. The van der Waals surface area contributed by atoms with E-state index in [9.17, 15) is 0 Å². The Bertz CT molecular complexity index is 929. The Labute approximate surface area is 162 Å². The van der Waals surface area contributed by atoms with Gasteiger partial charge in [0.15, 0.2) is 0 Å². The van der Waals surface area contributed by atoms with Gasteiger partial charge in [0.2, 0.25) is 0 Å². The van der Waals surface area contributed by atoms with E-state index in [4.69, 9.17) is 4.74 Å². The van der Waals surface area contributed by atoms with Gasteiger partial charge >= 0.3 is 0 Å². The average Bonchev–Trinajstić information content (AvgIpc) is 2.75. The number of rotatable bonds is 6. The van der Waals surface area contributed by atoms with Crippen LogP contribution < -0.4 is 20.7 Å². The molecule has 0 spiro atoms. The van der Waals surface area contributed by atoms with E-state index in [0.717, 1.165) is 5.75 Å². The molecule has 4 aromatic carbocycles. The van der Waals surface area contributed by atoms with Crippen LogP contribution in [0.15, 0.2) is 115 Å². The smallest absolute Gasteiger partial charge is 0.120 e. The van der Waals surface area contributed by atoms with Crippen LogP contribution in [0, 0.1) is 0 Å². The highest BCUT2D eigenvalue weighted by Crippen LogP contribution is 2.33. The standard InChI is InChI=1S/C25H21OP/c1-4-11-21(12-5-1)20-26-22-13-10-18-25(19-22)27(23-14-6-2-7-15-23)24-16-8-3-9-17-24/h1-19H,20H2. The van der Waals surface area contributed by atoms with Crippen molar-refractivity contribution in [2.75, 3.05) is 0 Å². The lowest BCUT2D eigenvalue weighted by atomic mass is 10.2. The molecule has 0 bridgehead atoms. The number of benzene rings is 4. The number of hydrogen-bond donors (Lipinski definition) is 0. The fourth-order valence-electron chi connectivity index (χ4n) is 3.05. The first-order chi connectivity index (χ1) is 13.4. The first kappa shape index (κ1) is 17.5. The van der Waals surface area contributed by atoms with E-state index in [-0.39, 0.29) is 0 Å². The van der Waals surface area contributed by atoms with Gasteiger partial charge in [-0.05, 0) is 41.5 Å². The van der Waals surface area contributed by atoms with Crippen molar-refractivity contribution in [3.05, 3.63) is 121 Å². The summed E-state index contributed by atoms with van der Waals surface area (Å²) in [7, 11) is -0.607. The summed E-state index contributed by atoms with van der Waals surface area (Å²) in [4.78, 5) is 0. The fraction of sp³-hybridized carbons (Fsp3) is 0.0400. The van der Waals surface area contributed by atoms with E-state index < -0.39 is 7.92 Å². The molecule has 2 heteroatoms. The molecular weight excluding hydrogens is 347 g/mol. The van der Waals surface area contributed by atoms with Crippen LogP contribution in [0.1, 0.15) is 5.56 Å². The van der Waals surface area contributed by atoms with Gasteiger partial charge in [0.05, 0.1) is 0 Å². The van der Waals surface area contributed by atoms with Gasteiger partial charge in [0.1, 0.15) is 12.4 Å². The van der Waals surface area contributed by atoms with Crippen LogP contribution in [-0.2, 0) is 6.61 Å². The van der Waals surface area contributed by atoms with Crippen LogP contribution in [0.4, 0.5) is 0 Å². The van der Waals surface area contributed by atoms with Gasteiger partial charge in [0, 0.05) is 0 Å². The third-order valence-corrected chi connectivity index (χ3v) is 6.78. The molecule has 0 aromatic heterocycles. The fourth-order valence-corrected chi connectivity index (χ4v) is 5.38. The van der Waals surface area contributed by atoms with E-state index in [0.29, 0.717) is 6.61 Å². The second kappa shape index (κ2) is 8.66. The number of hydrogen-bond acceptors (Lipinski definition) is 1. The first-order valence-corrected chi connectivity index (χ1v) is 10.4. The summed E-state index contributed by atoms with van der Waals surface area (Å²) >= 11 is 0. The molecule has 0 aliphatic rings. The van der Waals surface area contributed by atoms with Gasteiger partial charge in [-0.1, -0.05) is 103 Å². The predicted molar refractivity (Wildman–Crippen MR) is 116 cm³/mol. The molecule has 132 valence electrons. The molecule has 27 heavy (non-hydrogen) atoms. The summed E-state index contributed by atoms with van der Waals surface area (Å²) in [6.45, 7) is 0.582. The molecular formula is C25H21OP. The lowest BCUT2D eigenvalue weighted by Crippen LogP contribution is -2.20. The minimum atomic E-state index is -0.607. The van der Waals surface area contributed by atoms with Crippen molar-refractivity contribution in [1.29, 1.82) is 0 Å². The summed E-state index contributed by atoms with van der Waals surface area (Å²) in [6.07, 6.45) is 0. The molecule has 0 amide bonds. The maximum Gasteiger partial charge on any atom is 0.120 e. The summed E-state index contributed by atoms with van der Waals surface area (Å²) in [5.74, 6) is 0.913. The van der Waals surface area contributed by atoms with Gasteiger partial charge in [-0.2, -0.15) is 0 Å². The third kappa shape index (κ3) is 4.45. The lowest BCUT2D eigenvalue weighted by molar-refractivity contribution is 0.306. The Morgan fingerprint density at radius 3 is 1.63 bits per heavy atom. The molecule has 1 nitrogen and oxygen atoms in total. The Balaban J connectivity index is 1.64. The van der Waals surface area contributed by atoms with Gasteiger partial charge < -0.3 is 4.74 Å². The molecule has 0 aliphatic heterocycles. The van der Waals surface area contributed by atoms with E-state index >= 15 is 0 Å². The van der Waals surface area contributed by atoms with E-state index in [1.54, 1.807) is 0 Å².